The van der Waals surface area contributed by atoms with E-state index in [0.717, 1.165) is 0 Å². The van der Waals surface area contributed by atoms with Gasteiger partial charge in [-0.05, 0) is 19.4 Å². The van der Waals surface area contributed by atoms with Crippen molar-refractivity contribution in [3.8, 4) is 5.75 Å². The molecule has 0 radical (unpaired) electrons. The summed E-state index contributed by atoms with van der Waals surface area (Å²) in [5, 5.41) is 9.24. The Morgan fingerprint density at radius 1 is 1.30 bits per heavy atom. The van der Waals surface area contributed by atoms with Crippen molar-refractivity contribution in [2.24, 2.45) is 0 Å². The molecule has 0 aliphatic rings. The van der Waals surface area contributed by atoms with Gasteiger partial charge >= 0.3 is 0 Å². The van der Waals surface area contributed by atoms with Crippen molar-refractivity contribution in [2.75, 3.05) is 13.2 Å². The van der Waals surface area contributed by atoms with Gasteiger partial charge in [-0.15, -0.1) is 0 Å². The summed E-state index contributed by atoms with van der Waals surface area (Å²) in [7, 11) is -3.85. The third-order valence-electron chi connectivity index (χ3n) is 2.61. The first-order chi connectivity index (χ1) is 9.35. The van der Waals surface area contributed by atoms with E-state index >= 15 is 0 Å². The zero-order valence-corrected chi connectivity index (χ0v) is 13.5. The van der Waals surface area contributed by atoms with Crippen LogP contribution >= 0.6 is 23.2 Å². The maximum absolute atomic E-state index is 12.2. The summed E-state index contributed by atoms with van der Waals surface area (Å²) in [4.78, 5) is -0.139. The number of rotatable bonds is 7. The maximum Gasteiger partial charge on any atom is 0.242 e. The van der Waals surface area contributed by atoms with Gasteiger partial charge in [-0.3, -0.25) is 0 Å². The van der Waals surface area contributed by atoms with Crippen LogP contribution in [0.5, 0.6) is 5.75 Å². The molecule has 1 rings (SSSR count). The second-order valence-electron chi connectivity index (χ2n) is 4.06. The molecule has 1 atom stereocenters. The lowest BCUT2D eigenvalue weighted by molar-refractivity contribution is 0.254. The molecule has 8 heteroatoms. The number of ether oxygens (including phenoxy) is 1. The van der Waals surface area contributed by atoms with Crippen LogP contribution in [0.25, 0.3) is 0 Å². The third kappa shape index (κ3) is 4.23. The van der Waals surface area contributed by atoms with E-state index in [4.69, 9.17) is 33.0 Å². The molecule has 2 N–H and O–H groups in total. The summed E-state index contributed by atoms with van der Waals surface area (Å²) in [6, 6.07) is 2.03. The molecule has 0 amide bonds. The van der Waals surface area contributed by atoms with Gasteiger partial charge in [0, 0.05) is 12.1 Å². The van der Waals surface area contributed by atoms with Crippen molar-refractivity contribution in [3.05, 3.63) is 22.2 Å². The summed E-state index contributed by atoms with van der Waals surface area (Å²) in [6.07, 6.45) is 0.456. The van der Waals surface area contributed by atoms with Crippen molar-refractivity contribution in [1.82, 2.24) is 4.72 Å². The first kappa shape index (κ1) is 17.5. The highest BCUT2D eigenvalue weighted by Crippen LogP contribution is 2.33. The van der Waals surface area contributed by atoms with Crippen LogP contribution in [-0.4, -0.2) is 32.8 Å². The molecule has 0 unspecified atom stereocenters. The van der Waals surface area contributed by atoms with E-state index < -0.39 is 16.1 Å². The molecule has 0 fully saturated rings. The molecular formula is C12H17Cl2NO4S. The highest BCUT2D eigenvalue weighted by molar-refractivity contribution is 7.89. The SMILES string of the molecule is CCOc1cc(Cl)c(S(=O)(=O)N[C@@H](CC)CO)cc1Cl. The fourth-order valence-electron chi connectivity index (χ4n) is 1.51. The van der Waals surface area contributed by atoms with Crippen LogP contribution in [-0.2, 0) is 10.0 Å². The number of aliphatic hydroxyl groups is 1. The van der Waals surface area contributed by atoms with Crippen LogP contribution in [0, 0.1) is 0 Å². The maximum atomic E-state index is 12.2. The Labute approximate surface area is 128 Å². The number of nitrogens with one attached hydrogen (secondary N) is 1. The van der Waals surface area contributed by atoms with Crippen LogP contribution in [0.3, 0.4) is 0 Å². The lowest BCUT2D eigenvalue weighted by Gasteiger charge is -2.16. The molecule has 114 valence electrons. The van der Waals surface area contributed by atoms with Crippen LogP contribution in [0.2, 0.25) is 10.0 Å². The van der Waals surface area contributed by atoms with Crippen LogP contribution in [0.4, 0.5) is 0 Å². The molecule has 1 aromatic carbocycles. The Balaban J connectivity index is 3.16. The zero-order valence-electron chi connectivity index (χ0n) is 11.2. The number of aliphatic hydroxyl groups excluding tert-OH is 1. The first-order valence-corrected chi connectivity index (χ1v) is 8.34. The summed E-state index contributed by atoms with van der Waals surface area (Å²) >= 11 is 11.9. The van der Waals surface area contributed by atoms with E-state index in [0.29, 0.717) is 18.8 Å². The van der Waals surface area contributed by atoms with E-state index in [1.165, 1.54) is 12.1 Å². The fourth-order valence-corrected chi connectivity index (χ4v) is 3.65. The van der Waals surface area contributed by atoms with Gasteiger partial charge in [0.2, 0.25) is 10.0 Å². The molecule has 0 aliphatic heterocycles. The van der Waals surface area contributed by atoms with Crippen molar-refractivity contribution in [2.45, 2.75) is 31.2 Å². The third-order valence-corrected chi connectivity index (χ3v) is 4.89. The second-order valence-corrected chi connectivity index (χ2v) is 6.55. The highest BCUT2D eigenvalue weighted by Gasteiger charge is 2.23. The smallest absolute Gasteiger partial charge is 0.242 e. The van der Waals surface area contributed by atoms with Gasteiger partial charge in [0.25, 0.3) is 0 Å². The molecule has 0 saturated heterocycles. The van der Waals surface area contributed by atoms with Crippen molar-refractivity contribution >= 4 is 33.2 Å². The Bertz CT molecular complexity index is 559. The van der Waals surface area contributed by atoms with Crippen molar-refractivity contribution in [1.29, 1.82) is 0 Å². The van der Waals surface area contributed by atoms with Gasteiger partial charge in [0.05, 0.1) is 23.3 Å². The number of sulfonamides is 1. The van der Waals surface area contributed by atoms with Gasteiger partial charge in [0.15, 0.2) is 0 Å². The number of hydrogen-bond acceptors (Lipinski definition) is 4. The largest absolute Gasteiger partial charge is 0.492 e. The molecule has 0 bridgehead atoms. The Morgan fingerprint density at radius 3 is 2.45 bits per heavy atom. The van der Waals surface area contributed by atoms with Gasteiger partial charge in [0.1, 0.15) is 10.6 Å². The highest BCUT2D eigenvalue weighted by atomic mass is 35.5. The number of hydrogen-bond donors (Lipinski definition) is 2. The van der Waals surface area contributed by atoms with Crippen molar-refractivity contribution < 1.29 is 18.3 Å². The number of halogens is 2. The summed E-state index contributed by atoms with van der Waals surface area (Å²) in [5.41, 5.74) is 0. The lowest BCUT2D eigenvalue weighted by atomic mass is 10.3. The average Bonchev–Trinajstić information content (AvgIpc) is 2.40. The van der Waals surface area contributed by atoms with E-state index in [9.17, 15) is 8.42 Å². The van der Waals surface area contributed by atoms with E-state index in [1.807, 2.05) is 0 Å². The average molecular weight is 342 g/mol. The van der Waals surface area contributed by atoms with Gasteiger partial charge < -0.3 is 9.84 Å². The minimum atomic E-state index is -3.85. The number of benzene rings is 1. The monoisotopic (exact) mass is 341 g/mol. The molecule has 0 aliphatic carbocycles. The quantitative estimate of drug-likeness (QED) is 0.798. The zero-order chi connectivity index (χ0) is 15.3. The molecular weight excluding hydrogens is 325 g/mol. The minimum Gasteiger partial charge on any atom is -0.492 e. The van der Waals surface area contributed by atoms with E-state index in [2.05, 4.69) is 4.72 Å². The Kier molecular flexibility index (Phi) is 6.54. The minimum absolute atomic E-state index is 0.0122. The predicted molar refractivity (Wildman–Crippen MR) is 79.1 cm³/mol. The molecule has 0 heterocycles. The first-order valence-electron chi connectivity index (χ1n) is 6.10. The van der Waals surface area contributed by atoms with Gasteiger partial charge in [-0.2, -0.15) is 0 Å². The summed E-state index contributed by atoms with van der Waals surface area (Å²) in [5.74, 6) is 0.326. The Hall–Kier alpha value is -0.530. The normalized spacial score (nSPS) is 13.2. The molecule has 1 aromatic rings. The molecule has 0 spiro atoms. The second kappa shape index (κ2) is 7.47. The molecule has 0 saturated carbocycles. The van der Waals surface area contributed by atoms with Crippen molar-refractivity contribution in [3.63, 3.8) is 0 Å². The van der Waals surface area contributed by atoms with Crippen LogP contribution in [0.15, 0.2) is 17.0 Å². The molecule has 20 heavy (non-hydrogen) atoms. The molecule has 5 nitrogen and oxygen atoms in total. The predicted octanol–water partition coefficient (Wildman–Crippen LogP) is 2.44. The van der Waals surface area contributed by atoms with Gasteiger partial charge in [-0.25, -0.2) is 13.1 Å². The van der Waals surface area contributed by atoms with Crippen LogP contribution in [0.1, 0.15) is 20.3 Å². The summed E-state index contributed by atoms with van der Waals surface area (Å²) < 4.78 is 32.0. The van der Waals surface area contributed by atoms with Gasteiger partial charge in [-0.1, -0.05) is 30.1 Å². The van der Waals surface area contributed by atoms with Crippen LogP contribution < -0.4 is 9.46 Å². The fraction of sp³-hybridized carbons (Fsp3) is 0.500. The lowest BCUT2D eigenvalue weighted by Crippen LogP contribution is -2.37. The van der Waals surface area contributed by atoms with E-state index in [-0.39, 0.29) is 21.5 Å². The molecule has 0 aromatic heterocycles. The summed E-state index contributed by atoms with van der Waals surface area (Å²) in [6.45, 7) is 3.64. The van der Waals surface area contributed by atoms with E-state index in [1.54, 1.807) is 13.8 Å². The topological polar surface area (TPSA) is 75.6 Å². The standard InChI is InChI=1S/C12H17Cl2NO4S/c1-3-8(7-16)15-20(17,18)12-6-9(13)11(19-4-2)5-10(12)14/h5-6,8,15-16H,3-4,7H2,1-2H3/t8-/m0/s1. The Morgan fingerprint density at radius 2 is 1.95 bits per heavy atom.